The molecule has 1 aliphatic heterocycles. The Labute approximate surface area is 141 Å². The molecule has 2 heterocycles. The van der Waals surface area contributed by atoms with E-state index in [0.29, 0.717) is 12.3 Å². The van der Waals surface area contributed by atoms with E-state index in [1.807, 2.05) is 24.6 Å². The average molecular weight is 351 g/mol. The number of benzene rings is 1. The molecule has 2 aromatic rings. The molecule has 23 heavy (non-hydrogen) atoms. The van der Waals surface area contributed by atoms with Crippen molar-refractivity contribution in [3.05, 3.63) is 40.9 Å². The van der Waals surface area contributed by atoms with Crippen molar-refractivity contribution in [1.82, 2.24) is 9.88 Å². The first-order valence-corrected chi connectivity index (χ1v) is 10.3. The molecule has 0 amide bonds. The van der Waals surface area contributed by atoms with Crippen molar-refractivity contribution in [2.45, 2.75) is 25.9 Å². The summed E-state index contributed by atoms with van der Waals surface area (Å²) in [4.78, 5) is 6.68. The molecular formula is C16H21N3O2S2. The van der Waals surface area contributed by atoms with E-state index in [9.17, 15) is 8.42 Å². The van der Waals surface area contributed by atoms with Crippen LogP contribution in [0.2, 0.25) is 0 Å². The molecular weight excluding hydrogens is 330 g/mol. The minimum absolute atomic E-state index is 0.107. The molecule has 1 atom stereocenters. The zero-order chi connectivity index (χ0) is 16.4. The first-order valence-electron chi connectivity index (χ1n) is 7.60. The maximum Gasteiger partial charge on any atom is 0.187 e. The number of sulfone groups is 1. The van der Waals surface area contributed by atoms with Gasteiger partial charge in [0.2, 0.25) is 0 Å². The van der Waals surface area contributed by atoms with Gasteiger partial charge in [-0.15, -0.1) is 11.3 Å². The quantitative estimate of drug-likeness (QED) is 0.897. The standard InChI is InChI=1S/C16H21N3O2S2/c1-12-3-5-13(6-4-12)17-16-18-14(10-22-16)9-19(2)15-7-8-23(20,21)11-15/h3-6,10,15H,7-9,11H2,1-2H3,(H,17,18). The van der Waals surface area contributed by atoms with Gasteiger partial charge < -0.3 is 5.32 Å². The third-order valence-electron chi connectivity index (χ3n) is 4.10. The molecule has 0 bridgehead atoms. The molecule has 7 heteroatoms. The van der Waals surface area contributed by atoms with Crippen LogP contribution in [0.1, 0.15) is 17.7 Å². The molecule has 5 nitrogen and oxygen atoms in total. The van der Waals surface area contributed by atoms with Gasteiger partial charge in [0.1, 0.15) is 0 Å². The highest BCUT2D eigenvalue weighted by atomic mass is 32.2. The highest BCUT2D eigenvalue weighted by Crippen LogP contribution is 2.23. The smallest absolute Gasteiger partial charge is 0.187 e. The van der Waals surface area contributed by atoms with Crippen LogP contribution in [0.4, 0.5) is 10.8 Å². The summed E-state index contributed by atoms with van der Waals surface area (Å²) in [6.45, 7) is 2.73. The third-order valence-corrected chi connectivity index (χ3v) is 6.65. The van der Waals surface area contributed by atoms with Gasteiger partial charge in [-0.05, 0) is 32.5 Å². The molecule has 1 unspecified atom stereocenters. The van der Waals surface area contributed by atoms with Crippen LogP contribution < -0.4 is 5.32 Å². The zero-order valence-corrected chi connectivity index (χ0v) is 15.0. The summed E-state index contributed by atoms with van der Waals surface area (Å²) in [6.07, 6.45) is 0.720. The van der Waals surface area contributed by atoms with E-state index in [-0.39, 0.29) is 11.8 Å². The molecule has 1 aromatic carbocycles. The molecule has 0 spiro atoms. The maximum atomic E-state index is 11.6. The largest absolute Gasteiger partial charge is 0.332 e. The van der Waals surface area contributed by atoms with E-state index in [1.54, 1.807) is 11.3 Å². The molecule has 1 fully saturated rings. The summed E-state index contributed by atoms with van der Waals surface area (Å²) < 4.78 is 23.2. The highest BCUT2D eigenvalue weighted by Gasteiger charge is 2.30. The van der Waals surface area contributed by atoms with E-state index in [0.717, 1.165) is 22.9 Å². The number of nitrogens with zero attached hydrogens (tertiary/aromatic N) is 2. The van der Waals surface area contributed by atoms with Crippen molar-refractivity contribution in [2.75, 3.05) is 23.9 Å². The highest BCUT2D eigenvalue weighted by molar-refractivity contribution is 7.91. The van der Waals surface area contributed by atoms with E-state index in [2.05, 4.69) is 34.3 Å². The minimum atomic E-state index is -2.84. The molecule has 1 aliphatic rings. The monoisotopic (exact) mass is 351 g/mol. The summed E-state index contributed by atoms with van der Waals surface area (Å²) in [5.74, 6) is 0.571. The fourth-order valence-electron chi connectivity index (χ4n) is 2.71. The van der Waals surface area contributed by atoms with E-state index in [4.69, 9.17) is 0 Å². The van der Waals surface area contributed by atoms with Crippen LogP contribution in [-0.2, 0) is 16.4 Å². The summed E-state index contributed by atoms with van der Waals surface area (Å²) in [6, 6.07) is 8.30. The van der Waals surface area contributed by atoms with Crippen LogP contribution in [0.3, 0.4) is 0 Å². The number of hydrogen-bond donors (Lipinski definition) is 1. The molecule has 0 saturated carbocycles. The molecule has 1 saturated heterocycles. The van der Waals surface area contributed by atoms with Crippen molar-refractivity contribution < 1.29 is 8.42 Å². The molecule has 0 aliphatic carbocycles. The lowest BCUT2D eigenvalue weighted by Crippen LogP contribution is -2.32. The van der Waals surface area contributed by atoms with Gasteiger partial charge in [0.25, 0.3) is 0 Å². The van der Waals surface area contributed by atoms with Crippen LogP contribution in [0.15, 0.2) is 29.6 Å². The molecule has 1 N–H and O–H groups in total. The fraction of sp³-hybridized carbons (Fsp3) is 0.438. The van der Waals surface area contributed by atoms with Crippen molar-refractivity contribution in [3.63, 3.8) is 0 Å². The number of aromatic nitrogens is 1. The Morgan fingerprint density at radius 2 is 2.09 bits per heavy atom. The van der Waals surface area contributed by atoms with Crippen LogP contribution in [0.5, 0.6) is 0 Å². The Balaban J connectivity index is 1.60. The summed E-state index contributed by atoms with van der Waals surface area (Å²) >= 11 is 1.57. The Morgan fingerprint density at radius 3 is 2.74 bits per heavy atom. The van der Waals surface area contributed by atoms with Crippen molar-refractivity contribution in [1.29, 1.82) is 0 Å². The number of nitrogens with one attached hydrogen (secondary N) is 1. The lowest BCUT2D eigenvalue weighted by Gasteiger charge is -2.21. The Hall–Kier alpha value is -1.44. The van der Waals surface area contributed by atoms with Gasteiger partial charge in [-0.3, -0.25) is 4.90 Å². The van der Waals surface area contributed by atoms with Gasteiger partial charge >= 0.3 is 0 Å². The SMILES string of the molecule is Cc1ccc(Nc2nc(CN(C)C3CCS(=O)(=O)C3)cs2)cc1. The van der Waals surface area contributed by atoms with Crippen molar-refractivity contribution >= 4 is 32.0 Å². The van der Waals surface area contributed by atoms with E-state index < -0.39 is 9.84 Å². The average Bonchev–Trinajstić information content (AvgIpc) is 3.08. The second kappa shape index (κ2) is 6.59. The van der Waals surface area contributed by atoms with Crippen molar-refractivity contribution in [3.8, 4) is 0 Å². The first kappa shape index (κ1) is 16.4. The van der Waals surface area contributed by atoms with E-state index >= 15 is 0 Å². The Bertz CT molecular complexity index is 769. The van der Waals surface area contributed by atoms with Gasteiger partial charge in [-0.25, -0.2) is 13.4 Å². The van der Waals surface area contributed by atoms with Gasteiger partial charge in [0, 0.05) is 23.7 Å². The number of rotatable bonds is 5. The van der Waals surface area contributed by atoms with Gasteiger partial charge in [-0.1, -0.05) is 17.7 Å². The summed E-state index contributed by atoms with van der Waals surface area (Å²) in [7, 11) is -0.873. The lowest BCUT2D eigenvalue weighted by atomic mass is 10.2. The van der Waals surface area contributed by atoms with Crippen LogP contribution in [-0.4, -0.2) is 42.9 Å². The molecule has 1 aromatic heterocycles. The van der Waals surface area contributed by atoms with E-state index in [1.165, 1.54) is 5.56 Å². The van der Waals surface area contributed by atoms with Gasteiger partial charge in [0.05, 0.1) is 17.2 Å². The second-order valence-electron chi connectivity index (χ2n) is 6.11. The summed E-state index contributed by atoms with van der Waals surface area (Å²) in [5.41, 5.74) is 3.21. The normalized spacial score (nSPS) is 20.0. The zero-order valence-electron chi connectivity index (χ0n) is 13.3. The number of aryl methyl sites for hydroxylation is 1. The number of thiazole rings is 1. The minimum Gasteiger partial charge on any atom is -0.332 e. The Kier molecular flexibility index (Phi) is 4.70. The van der Waals surface area contributed by atoms with Crippen LogP contribution >= 0.6 is 11.3 Å². The Morgan fingerprint density at radius 1 is 1.35 bits per heavy atom. The van der Waals surface area contributed by atoms with Crippen molar-refractivity contribution in [2.24, 2.45) is 0 Å². The molecule has 124 valence electrons. The lowest BCUT2D eigenvalue weighted by molar-refractivity contribution is 0.251. The predicted molar refractivity (Wildman–Crippen MR) is 95.1 cm³/mol. The molecule has 0 radical (unpaired) electrons. The van der Waals surface area contributed by atoms with Crippen LogP contribution in [0, 0.1) is 6.92 Å². The maximum absolute atomic E-state index is 11.6. The first-order chi connectivity index (χ1) is 10.9. The van der Waals surface area contributed by atoms with Gasteiger partial charge in [0.15, 0.2) is 15.0 Å². The van der Waals surface area contributed by atoms with Crippen LogP contribution in [0.25, 0.3) is 0 Å². The van der Waals surface area contributed by atoms with Gasteiger partial charge in [-0.2, -0.15) is 0 Å². The summed E-state index contributed by atoms with van der Waals surface area (Å²) in [5, 5.41) is 6.18. The predicted octanol–water partition coefficient (Wildman–Crippen LogP) is 2.81. The number of anilines is 2. The number of hydrogen-bond acceptors (Lipinski definition) is 6. The topological polar surface area (TPSA) is 62.3 Å². The fourth-order valence-corrected chi connectivity index (χ4v) is 5.23. The second-order valence-corrected chi connectivity index (χ2v) is 9.19. The third kappa shape index (κ3) is 4.31. The molecule has 3 rings (SSSR count).